The van der Waals surface area contributed by atoms with Crippen LogP contribution in [0.5, 0.6) is 0 Å². The van der Waals surface area contributed by atoms with Crippen molar-refractivity contribution in [3.05, 3.63) is 0 Å². The Labute approximate surface area is 79.1 Å². The van der Waals surface area contributed by atoms with E-state index in [1.807, 2.05) is 20.8 Å². The predicted molar refractivity (Wildman–Crippen MR) is 50.2 cm³/mol. The third kappa shape index (κ3) is 3.63. The van der Waals surface area contributed by atoms with Crippen molar-refractivity contribution in [2.75, 3.05) is 13.2 Å². The number of aliphatic hydroxyl groups excluding tert-OH is 1. The van der Waals surface area contributed by atoms with Crippen LogP contribution in [0.3, 0.4) is 0 Å². The predicted octanol–water partition coefficient (Wildman–Crippen LogP) is 1.13. The Bertz CT molecular complexity index is 172. The van der Waals surface area contributed by atoms with Gasteiger partial charge in [-0.15, -0.1) is 0 Å². The molecule has 0 radical (unpaired) electrons. The maximum Gasteiger partial charge on any atom is 0.404 e. The highest BCUT2D eigenvalue weighted by Crippen LogP contribution is 2.29. The number of rotatable bonds is 5. The van der Waals surface area contributed by atoms with Crippen molar-refractivity contribution in [2.45, 2.75) is 27.2 Å². The topological polar surface area (TPSA) is 72.6 Å². The van der Waals surface area contributed by atoms with Crippen molar-refractivity contribution in [3.63, 3.8) is 0 Å². The van der Waals surface area contributed by atoms with E-state index in [9.17, 15) is 4.79 Å². The maximum atomic E-state index is 10.4. The standard InChI is InChI=1S/C9H19NO3/c1-4-7(2)9(3,5-11)6-13-8(10)12/h7,11H,4-6H2,1-3H3,(H2,10,12). The maximum absolute atomic E-state index is 10.4. The molecule has 0 saturated heterocycles. The summed E-state index contributed by atoms with van der Waals surface area (Å²) in [6.45, 7) is 6.09. The lowest BCUT2D eigenvalue weighted by molar-refractivity contribution is 0.0151. The minimum absolute atomic E-state index is 0.00468. The highest BCUT2D eigenvalue weighted by molar-refractivity contribution is 5.64. The van der Waals surface area contributed by atoms with Crippen molar-refractivity contribution >= 4 is 6.09 Å². The Morgan fingerprint density at radius 3 is 2.54 bits per heavy atom. The molecule has 0 heterocycles. The molecular formula is C9H19NO3. The van der Waals surface area contributed by atoms with E-state index in [0.29, 0.717) is 0 Å². The summed E-state index contributed by atoms with van der Waals surface area (Å²) >= 11 is 0. The Balaban J connectivity index is 4.18. The molecule has 0 saturated carbocycles. The fourth-order valence-corrected chi connectivity index (χ4v) is 1.07. The molecule has 13 heavy (non-hydrogen) atoms. The van der Waals surface area contributed by atoms with E-state index in [1.54, 1.807) is 0 Å². The summed E-state index contributed by atoms with van der Waals surface area (Å²) in [6.07, 6.45) is 0.141. The van der Waals surface area contributed by atoms with Gasteiger partial charge in [-0.25, -0.2) is 4.79 Å². The molecule has 1 amide bonds. The van der Waals surface area contributed by atoms with E-state index in [1.165, 1.54) is 0 Å². The summed E-state index contributed by atoms with van der Waals surface area (Å²) in [5, 5.41) is 9.17. The average Bonchev–Trinajstić information content (AvgIpc) is 2.12. The van der Waals surface area contributed by atoms with Crippen LogP contribution in [0.2, 0.25) is 0 Å². The molecule has 0 fully saturated rings. The fourth-order valence-electron chi connectivity index (χ4n) is 1.07. The lowest BCUT2D eigenvalue weighted by Crippen LogP contribution is -2.36. The summed E-state index contributed by atoms with van der Waals surface area (Å²) in [5.41, 5.74) is 4.47. The zero-order chi connectivity index (χ0) is 10.5. The number of ether oxygens (including phenoxy) is 1. The Morgan fingerprint density at radius 1 is 1.69 bits per heavy atom. The monoisotopic (exact) mass is 189 g/mol. The molecule has 0 rings (SSSR count). The number of hydrogen-bond donors (Lipinski definition) is 2. The van der Waals surface area contributed by atoms with Crippen LogP contribution in [0.25, 0.3) is 0 Å². The van der Waals surface area contributed by atoms with Gasteiger partial charge in [-0.1, -0.05) is 27.2 Å². The van der Waals surface area contributed by atoms with E-state index in [2.05, 4.69) is 0 Å². The van der Waals surface area contributed by atoms with Crippen LogP contribution in [0.1, 0.15) is 27.2 Å². The minimum atomic E-state index is -0.789. The molecule has 4 nitrogen and oxygen atoms in total. The first-order valence-electron chi connectivity index (χ1n) is 4.49. The van der Waals surface area contributed by atoms with Crippen LogP contribution < -0.4 is 5.73 Å². The molecule has 0 aromatic rings. The van der Waals surface area contributed by atoms with Gasteiger partial charge >= 0.3 is 6.09 Å². The third-order valence-electron chi connectivity index (χ3n) is 2.71. The van der Waals surface area contributed by atoms with E-state index in [0.717, 1.165) is 6.42 Å². The Kier molecular flexibility index (Phi) is 4.77. The first-order valence-corrected chi connectivity index (χ1v) is 4.49. The van der Waals surface area contributed by atoms with Gasteiger partial charge in [0.2, 0.25) is 0 Å². The van der Waals surface area contributed by atoms with Gasteiger partial charge in [0.25, 0.3) is 0 Å². The second kappa shape index (κ2) is 5.07. The molecule has 0 bridgehead atoms. The Morgan fingerprint density at radius 2 is 2.23 bits per heavy atom. The van der Waals surface area contributed by atoms with Crippen LogP contribution in [0.15, 0.2) is 0 Å². The molecule has 0 aliphatic heterocycles. The van der Waals surface area contributed by atoms with Gasteiger partial charge in [0.15, 0.2) is 0 Å². The molecule has 4 heteroatoms. The molecule has 78 valence electrons. The highest BCUT2D eigenvalue weighted by Gasteiger charge is 2.30. The van der Waals surface area contributed by atoms with Crippen molar-refractivity contribution in [2.24, 2.45) is 17.1 Å². The summed E-state index contributed by atoms with van der Waals surface area (Å²) in [6, 6.07) is 0. The quantitative estimate of drug-likeness (QED) is 0.680. The number of amides is 1. The summed E-state index contributed by atoms with van der Waals surface area (Å²) in [7, 11) is 0. The zero-order valence-electron chi connectivity index (χ0n) is 8.54. The highest BCUT2D eigenvalue weighted by atomic mass is 16.5. The van der Waals surface area contributed by atoms with Gasteiger partial charge in [-0.05, 0) is 5.92 Å². The van der Waals surface area contributed by atoms with Gasteiger partial charge in [0, 0.05) is 5.41 Å². The van der Waals surface area contributed by atoms with Crippen molar-refractivity contribution in [3.8, 4) is 0 Å². The second-order valence-corrected chi connectivity index (χ2v) is 3.73. The lowest BCUT2D eigenvalue weighted by Gasteiger charge is -2.32. The van der Waals surface area contributed by atoms with E-state index < -0.39 is 6.09 Å². The summed E-state index contributed by atoms with van der Waals surface area (Å²) < 4.78 is 4.70. The van der Waals surface area contributed by atoms with Crippen LogP contribution in [0, 0.1) is 11.3 Å². The molecule has 2 unspecified atom stereocenters. The molecule has 0 aromatic heterocycles. The largest absolute Gasteiger partial charge is 0.449 e. The number of hydrogen-bond acceptors (Lipinski definition) is 3. The molecule has 0 spiro atoms. The van der Waals surface area contributed by atoms with Crippen LogP contribution in [-0.2, 0) is 4.74 Å². The van der Waals surface area contributed by atoms with Crippen LogP contribution in [0.4, 0.5) is 4.79 Å². The van der Waals surface area contributed by atoms with Gasteiger partial charge in [-0.3, -0.25) is 0 Å². The average molecular weight is 189 g/mol. The van der Waals surface area contributed by atoms with Crippen LogP contribution >= 0.6 is 0 Å². The van der Waals surface area contributed by atoms with Crippen molar-refractivity contribution in [1.82, 2.24) is 0 Å². The number of carbonyl (C=O) groups excluding carboxylic acids is 1. The molecule has 0 aliphatic carbocycles. The molecule has 3 N–H and O–H groups in total. The number of primary amides is 1. The summed E-state index contributed by atoms with van der Waals surface area (Å²) in [4.78, 5) is 10.4. The fraction of sp³-hybridized carbons (Fsp3) is 0.889. The van der Waals surface area contributed by atoms with Gasteiger partial charge in [0.05, 0.1) is 6.61 Å². The second-order valence-electron chi connectivity index (χ2n) is 3.73. The van der Waals surface area contributed by atoms with E-state index >= 15 is 0 Å². The normalized spacial score (nSPS) is 17.5. The van der Waals surface area contributed by atoms with Gasteiger partial charge in [0.1, 0.15) is 6.61 Å². The zero-order valence-corrected chi connectivity index (χ0v) is 8.54. The minimum Gasteiger partial charge on any atom is -0.449 e. The molecule has 0 aliphatic rings. The SMILES string of the molecule is CCC(C)C(C)(CO)COC(N)=O. The number of aliphatic hydroxyl groups is 1. The first-order chi connectivity index (χ1) is 5.96. The van der Waals surface area contributed by atoms with E-state index in [-0.39, 0.29) is 24.5 Å². The number of nitrogens with two attached hydrogens (primary N) is 1. The third-order valence-corrected chi connectivity index (χ3v) is 2.71. The van der Waals surface area contributed by atoms with E-state index in [4.69, 9.17) is 15.6 Å². The van der Waals surface area contributed by atoms with Gasteiger partial charge in [-0.2, -0.15) is 0 Å². The Hall–Kier alpha value is -0.770. The first kappa shape index (κ1) is 12.2. The van der Waals surface area contributed by atoms with Crippen molar-refractivity contribution in [1.29, 1.82) is 0 Å². The summed E-state index contributed by atoms with van der Waals surface area (Å²) in [5.74, 6) is 0.289. The molecule has 0 aromatic carbocycles. The lowest BCUT2D eigenvalue weighted by atomic mass is 9.78. The number of carbonyl (C=O) groups is 1. The molecule has 2 atom stereocenters. The van der Waals surface area contributed by atoms with Crippen molar-refractivity contribution < 1.29 is 14.6 Å². The smallest absolute Gasteiger partial charge is 0.404 e. The molecular weight excluding hydrogens is 170 g/mol. The van der Waals surface area contributed by atoms with Crippen LogP contribution in [-0.4, -0.2) is 24.4 Å². The van der Waals surface area contributed by atoms with Gasteiger partial charge < -0.3 is 15.6 Å².